The highest BCUT2D eigenvalue weighted by Gasteiger charge is 2.64. The number of carbonyl (C=O) groups excluding carboxylic acids is 2. The molecule has 164 valence electrons. The van der Waals surface area contributed by atoms with Crippen molar-refractivity contribution in [3.8, 4) is 0 Å². The van der Waals surface area contributed by atoms with Gasteiger partial charge in [0.25, 0.3) is 0 Å². The fraction of sp³-hybridized carbons (Fsp3) is 0.800. The summed E-state index contributed by atoms with van der Waals surface area (Å²) in [6.45, 7) is 10.3. The van der Waals surface area contributed by atoms with Gasteiger partial charge in [-0.15, -0.1) is 0 Å². The van der Waals surface area contributed by atoms with Gasteiger partial charge in [0.15, 0.2) is 0 Å². The van der Waals surface area contributed by atoms with E-state index in [0.29, 0.717) is 23.7 Å². The molecule has 1 aliphatic heterocycles. The van der Waals surface area contributed by atoms with Crippen molar-refractivity contribution in [3.05, 3.63) is 11.6 Å². The molecule has 0 aromatic heterocycles. The molecule has 5 heteroatoms. The van der Waals surface area contributed by atoms with Crippen LogP contribution in [-0.4, -0.2) is 34.7 Å². The van der Waals surface area contributed by atoms with Crippen molar-refractivity contribution in [3.63, 3.8) is 0 Å². The van der Waals surface area contributed by atoms with Gasteiger partial charge in [-0.25, -0.2) is 5.01 Å². The first-order valence-electron chi connectivity index (χ1n) is 11.9. The van der Waals surface area contributed by atoms with Gasteiger partial charge in [0, 0.05) is 31.9 Å². The number of carbonyl (C=O) groups is 2. The number of nitrogens with zero attached hydrogens (tertiary/aromatic N) is 2. The van der Waals surface area contributed by atoms with Gasteiger partial charge < -0.3 is 4.74 Å². The summed E-state index contributed by atoms with van der Waals surface area (Å²) >= 11 is 0. The van der Waals surface area contributed by atoms with E-state index in [1.165, 1.54) is 31.1 Å². The minimum absolute atomic E-state index is 0.0565. The summed E-state index contributed by atoms with van der Waals surface area (Å²) in [7, 11) is 0. The molecule has 0 saturated heterocycles. The van der Waals surface area contributed by atoms with E-state index < -0.39 is 0 Å². The highest BCUT2D eigenvalue weighted by atomic mass is 16.5. The van der Waals surface area contributed by atoms with Crippen LogP contribution in [0.3, 0.4) is 0 Å². The summed E-state index contributed by atoms with van der Waals surface area (Å²) in [4.78, 5) is 23.7. The Labute approximate surface area is 180 Å². The minimum atomic E-state index is -0.157. The second kappa shape index (κ2) is 6.67. The van der Waals surface area contributed by atoms with Crippen molar-refractivity contribution in [2.24, 2.45) is 39.6 Å². The Morgan fingerprint density at radius 2 is 1.93 bits per heavy atom. The number of rotatable bonds is 1. The van der Waals surface area contributed by atoms with E-state index in [2.05, 4.69) is 31.9 Å². The Balaban J connectivity index is 1.43. The molecule has 0 bridgehead atoms. The molecule has 8 atom stereocenters. The topological polar surface area (TPSA) is 59.0 Å². The van der Waals surface area contributed by atoms with E-state index in [9.17, 15) is 9.59 Å². The maximum absolute atomic E-state index is 12.2. The van der Waals surface area contributed by atoms with Crippen LogP contribution in [0.15, 0.2) is 16.8 Å². The van der Waals surface area contributed by atoms with Crippen LogP contribution in [0.5, 0.6) is 0 Å². The fourth-order valence-corrected chi connectivity index (χ4v) is 8.58. The predicted octanol–water partition coefficient (Wildman–Crippen LogP) is 4.71. The summed E-state index contributed by atoms with van der Waals surface area (Å²) < 4.78 is 5.57. The van der Waals surface area contributed by atoms with Crippen molar-refractivity contribution in [1.29, 1.82) is 0 Å². The molecule has 0 aromatic rings. The van der Waals surface area contributed by atoms with Crippen LogP contribution in [0, 0.1) is 34.5 Å². The van der Waals surface area contributed by atoms with Gasteiger partial charge in [-0.1, -0.05) is 25.5 Å². The minimum Gasteiger partial charge on any atom is -0.462 e. The third kappa shape index (κ3) is 2.69. The number of esters is 1. The van der Waals surface area contributed by atoms with Crippen LogP contribution in [-0.2, 0) is 14.3 Å². The summed E-state index contributed by atoms with van der Waals surface area (Å²) in [5.41, 5.74) is 3.19. The highest BCUT2D eigenvalue weighted by Crippen LogP contribution is 2.67. The molecule has 5 aliphatic rings. The number of hydrogen-bond donors (Lipinski definition) is 0. The Morgan fingerprint density at radius 3 is 2.63 bits per heavy atom. The first kappa shape index (κ1) is 20.3. The lowest BCUT2D eigenvalue weighted by atomic mass is 9.47. The monoisotopic (exact) mass is 412 g/mol. The molecule has 1 amide bonds. The Hall–Kier alpha value is -1.65. The quantitative estimate of drug-likeness (QED) is 0.463. The maximum atomic E-state index is 12.2. The molecule has 3 saturated carbocycles. The summed E-state index contributed by atoms with van der Waals surface area (Å²) in [5, 5.41) is 6.47. The van der Waals surface area contributed by atoms with E-state index in [1.807, 2.05) is 0 Å². The zero-order valence-electron chi connectivity index (χ0n) is 19.1. The number of allylic oxidation sites excluding steroid dienone is 1. The first-order valence-corrected chi connectivity index (χ1v) is 11.9. The van der Waals surface area contributed by atoms with Gasteiger partial charge in [-0.05, 0) is 74.0 Å². The Kier molecular flexibility index (Phi) is 4.51. The van der Waals surface area contributed by atoms with E-state index in [1.54, 1.807) is 11.9 Å². The second-order valence-corrected chi connectivity index (χ2v) is 11.2. The van der Waals surface area contributed by atoms with Crippen LogP contribution < -0.4 is 0 Å². The summed E-state index contributed by atoms with van der Waals surface area (Å²) in [5.74, 6) is 2.40. The van der Waals surface area contributed by atoms with Gasteiger partial charge in [0.1, 0.15) is 6.10 Å². The van der Waals surface area contributed by atoms with Crippen molar-refractivity contribution in [2.75, 3.05) is 0 Å². The zero-order valence-corrected chi connectivity index (χ0v) is 19.1. The number of amides is 1. The molecule has 0 aromatic carbocycles. The second-order valence-electron chi connectivity index (χ2n) is 11.2. The highest BCUT2D eigenvalue weighted by molar-refractivity contribution is 5.91. The lowest BCUT2D eigenvalue weighted by Gasteiger charge is -2.58. The zero-order chi connectivity index (χ0) is 21.4. The molecule has 30 heavy (non-hydrogen) atoms. The average molecular weight is 413 g/mol. The average Bonchev–Trinajstić information content (AvgIpc) is 3.16. The van der Waals surface area contributed by atoms with Crippen LogP contribution in [0.25, 0.3) is 0 Å². The van der Waals surface area contributed by atoms with E-state index in [4.69, 9.17) is 4.74 Å². The molecule has 0 unspecified atom stereocenters. The molecule has 1 heterocycles. The number of hydrazone groups is 1. The first-order chi connectivity index (χ1) is 14.1. The maximum Gasteiger partial charge on any atom is 0.302 e. The molecular formula is C25H36N2O3. The van der Waals surface area contributed by atoms with E-state index in [0.717, 1.165) is 32.1 Å². The summed E-state index contributed by atoms with van der Waals surface area (Å²) in [6.07, 6.45) is 10.3. The van der Waals surface area contributed by atoms with Crippen molar-refractivity contribution in [2.45, 2.75) is 91.7 Å². The number of fused-ring (bicyclic) bond motifs is 7. The molecular weight excluding hydrogens is 376 g/mol. The number of hydrogen-bond acceptors (Lipinski definition) is 4. The van der Waals surface area contributed by atoms with Gasteiger partial charge in [-0.2, -0.15) is 5.10 Å². The van der Waals surface area contributed by atoms with Crippen LogP contribution in [0.4, 0.5) is 0 Å². The number of ether oxygens (including phenoxy) is 1. The molecule has 0 radical (unpaired) electrons. The molecule has 5 rings (SSSR count). The lowest BCUT2D eigenvalue weighted by Crippen LogP contribution is -2.51. The Bertz CT molecular complexity index is 847. The largest absolute Gasteiger partial charge is 0.462 e. The van der Waals surface area contributed by atoms with Crippen LogP contribution in [0.2, 0.25) is 0 Å². The van der Waals surface area contributed by atoms with Crippen LogP contribution in [0.1, 0.15) is 79.6 Å². The third-order valence-electron chi connectivity index (χ3n) is 9.77. The van der Waals surface area contributed by atoms with Crippen LogP contribution >= 0.6 is 0 Å². The van der Waals surface area contributed by atoms with Crippen molar-refractivity contribution in [1.82, 2.24) is 5.01 Å². The molecule has 0 N–H and O–H groups in total. The molecule has 5 nitrogen and oxygen atoms in total. The lowest BCUT2D eigenvalue weighted by molar-refractivity contribution is -0.148. The SMILES string of the molecule is CC(=O)O[C@H]1CC[C@@]2(C)C(=CC[C@H]3[C@@H]4C[C@H]5[C@@H](C(C)=NN5C(C)=O)[C@@]4(C)CC[C@@H]32)C1. The van der Waals surface area contributed by atoms with Gasteiger partial charge in [-0.3, -0.25) is 9.59 Å². The van der Waals surface area contributed by atoms with Crippen molar-refractivity contribution >= 4 is 17.6 Å². The van der Waals surface area contributed by atoms with Gasteiger partial charge in [0.2, 0.25) is 5.91 Å². The molecule has 3 fully saturated rings. The van der Waals surface area contributed by atoms with E-state index in [-0.39, 0.29) is 34.9 Å². The Morgan fingerprint density at radius 1 is 1.17 bits per heavy atom. The fourth-order valence-electron chi connectivity index (χ4n) is 8.58. The normalized spacial score (nSPS) is 46.8. The van der Waals surface area contributed by atoms with Gasteiger partial charge >= 0.3 is 5.97 Å². The predicted molar refractivity (Wildman–Crippen MR) is 116 cm³/mol. The summed E-state index contributed by atoms with van der Waals surface area (Å²) in [6, 6.07) is 0.258. The molecule has 0 spiro atoms. The third-order valence-corrected chi connectivity index (χ3v) is 9.77. The van der Waals surface area contributed by atoms with E-state index >= 15 is 0 Å². The standard InChI is InChI=1S/C25H36N2O3/c1-14-23-22(27(26-14)15(2)28)13-21-19-7-6-17-12-18(30-16(3)29)8-10-24(17,4)20(19)9-11-25(21,23)5/h6,18-23H,7-13H2,1-5H3/t18-,19+,20-,21-,22-,23+,24-,25-/m0/s1. The smallest absolute Gasteiger partial charge is 0.302 e. The van der Waals surface area contributed by atoms with Gasteiger partial charge in [0.05, 0.1) is 6.04 Å². The molecule has 4 aliphatic carbocycles. The van der Waals surface area contributed by atoms with Crippen molar-refractivity contribution < 1.29 is 14.3 Å².